The molecular weight excluding hydrogens is 276 g/mol. The third kappa shape index (κ3) is 4.45. The minimum atomic E-state index is -0.0590. The fourth-order valence-corrected chi connectivity index (χ4v) is 1.85. The zero-order chi connectivity index (χ0) is 15.9. The Balaban J connectivity index is 2.15. The van der Waals surface area contributed by atoms with Crippen molar-refractivity contribution in [3.8, 4) is 5.75 Å². The summed E-state index contributed by atoms with van der Waals surface area (Å²) in [6, 6.07) is 11.6. The van der Waals surface area contributed by atoms with Crippen LogP contribution in [0.1, 0.15) is 16.8 Å². The fraction of sp³-hybridized carbons (Fsp3) is 0.222. The molecule has 0 N–H and O–H groups in total. The number of pyridine rings is 1. The first-order valence-electron chi connectivity index (χ1n) is 7.09. The van der Waals surface area contributed by atoms with Crippen molar-refractivity contribution < 1.29 is 9.53 Å². The van der Waals surface area contributed by atoms with Crippen LogP contribution in [0.5, 0.6) is 5.75 Å². The molecule has 0 saturated heterocycles. The number of rotatable bonds is 5. The topological polar surface area (TPSA) is 42.4 Å². The van der Waals surface area contributed by atoms with Crippen molar-refractivity contribution in [2.75, 3.05) is 14.1 Å². The molecule has 114 valence electrons. The largest absolute Gasteiger partial charge is 0.487 e. The maximum atomic E-state index is 11.7. The van der Waals surface area contributed by atoms with Gasteiger partial charge in [0.05, 0.1) is 5.69 Å². The predicted octanol–water partition coefficient (Wildman–Crippen LogP) is 3.07. The number of likely N-dealkylation sites (N-methyl/N-ethyl adjacent to an activating group) is 1. The molecule has 4 heteroatoms. The molecular formula is C18H20N2O2. The second-order valence-corrected chi connectivity index (χ2v) is 5.22. The van der Waals surface area contributed by atoms with Crippen LogP contribution >= 0.6 is 0 Å². The van der Waals surface area contributed by atoms with E-state index in [9.17, 15) is 4.79 Å². The molecule has 0 unspecified atom stereocenters. The third-order valence-electron chi connectivity index (χ3n) is 3.12. The summed E-state index contributed by atoms with van der Waals surface area (Å²) in [6.07, 6.45) is 5.05. The lowest BCUT2D eigenvalue weighted by Gasteiger charge is -2.10. The SMILES string of the molecule is Cc1ccc(/C=C/C(=O)N(C)C)c(OCc2ccccn2)c1. The number of hydrogen-bond donors (Lipinski definition) is 0. The molecule has 0 fully saturated rings. The molecule has 0 spiro atoms. The summed E-state index contributed by atoms with van der Waals surface area (Å²) in [5.74, 6) is 0.685. The second kappa shape index (κ2) is 7.41. The minimum absolute atomic E-state index is 0.0590. The summed E-state index contributed by atoms with van der Waals surface area (Å²) >= 11 is 0. The number of carbonyl (C=O) groups is 1. The van der Waals surface area contributed by atoms with Gasteiger partial charge in [0.15, 0.2) is 0 Å². The maximum absolute atomic E-state index is 11.7. The molecule has 4 nitrogen and oxygen atoms in total. The standard InChI is InChI=1S/C18H20N2O2/c1-14-7-8-15(9-10-18(21)20(2)3)17(12-14)22-13-16-6-4-5-11-19-16/h4-12H,13H2,1-3H3/b10-9+. The monoisotopic (exact) mass is 296 g/mol. The Morgan fingerprint density at radius 1 is 1.27 bits per heavy atom. The molecule has 0 bridgehead atoms. The van der Waals surface area contributed by atoms with Crippen molar-refractivity contribution in [3.05, 3.63) is 65.5 Å². The molecule has 1 amide bonds. The van der Waals surface area contributed by atoms with Gasteiger partial charge in [0.25, 0.3) is 0 Å². The predicted molar refractivity (Wildman–Crippen MR) is 87.5 cm³/mol. The Hall–Kier alpha value is -2.62. The summed E-state index contributed by atoms with van der Waals surface area (Å²) in [5, 5.41) is 0. The number of ether oxygens (including phenoxy) is 1. The zero-order valence-corrected chi connectivity index (χ0v) is 13.1. The van der Waals surface area contributed by atoms with E-state index < -0.39 is 0 Å². The Morgan fingerprint density at radius 3 is 2.77 bits per heavy atom. The third-order valence-corrected chi connectivity index (χ3v) is 3.12. The smallest absolute Gasteiger partial charge is 0.246 e. The maximum Gasteiger partial charge on any atom is 0.246 e. The number of aromatic nitrogens is 1. The molecule has 2 rings (SSSR count). The highest BCUT2D eigenvalue weighted by Crippen LogP contribution is 2.22. The van der Waals surface area contributed by atoms with E-state index in [-0.39, 0.29) is 5.91 Å². The van der Waals surface area contributed by atoms with Crippen molar-refractivity contribution in [1.29, 1.82) is 0 Å². The van der Waals surface area contributed by atoms with E-state index in [1.165, 1.54) is 11.0 Å². The van der Waals surface area contributed by atoms with Crippen molar-refractivity contribution in [2.24, 2.45) is 0 Å². The van der Waals surface area contributed by atoms with Gasteiger partial charge in [-0.1, -0.05) is 18.2 Å². The minimum Gasteiger partial charge on any atom is -0.487 e. The van der Waals surface area contributed by atoms with Crippen molar-refractivity contribution in [2.45, 2.75) is 13.5 Å². The Kier molecular flexibility index (Phi) is 5.31. The van der Waals surface area contributed by atoms with Gasteiger partial charge in [-0.3, -0.25) is 9.78 Å². The molecule has 0 aliphatic heterocycles. The van der Waals surface area contributed by atoms with Crippen molar-refractivity contribution >= 4 is 12.0 Å². The number of carbonyl (C=O) groups excluding carboxylic acids is 1. The first kappa shape index (κ1) is 15.8. The van der Waals surface area contributed by atoms with Gasteiger partial charge in [0.2, 0.25) is 5.91 Å². The van der Waals surface area contributed by atoms with Crippen molar-refractivity contribution in [3.63, 3.8) is 0 Å². The quantitative estimate of drug-likeness (QED) is 0.796. The molecule has 1 aromatic carbocycles. The van der Waals surface area contributed by atoms with Gasteiger partial charge in [-0.25, -0.2) is 0 Å². The number of aryl methyl sites for hydroxylation is 1. The Bertz CT molecular complexity index is 664. The lowest BCUT2D eigenvalue weighted by molar-refractivity contribution is -0.123. The first-order chi connectivity index (χ1) is 10.6. The summed E-state index contributed by atoms with van der Waals surface area (Å²) < 4.78 is 5.86. The number of nitrogens with zero attached hydrogens (tertiary/aromatic N) is 2. The van der Waals surface area contributed by atoms with Gasteiger partial charge in [-0.2, -0.15) is 0 Å². The summed E-state index contributed by atoms with van der Waals surface area (Å²) in [6.45, 7) is 2.40. The number of amides is 1. The van der Waals surface area contributed by atoms with E-state index in [0.29, 0.717) is 6.61 Å². The fourth-order valence-electron chi connectivity index (χ4n) is 1.85. The van der Waals surface area contributed by atoms with Crippen LogP contribution in [0, 0.1) is 6.92 Å². The van der Waals surface area contributed by atoms with Crippen LogP contribution in [0.4, 0.5) is 0 Å². The molecule has 0 atom stereocenters. The van der Waals surface area contributed by atoms with E-state index in [1.54, 1.807) is 26.4 Å². The zero-order valence-electron chi connectivity index (χ0n) is 13.1. The summed E-state index contributed by atoms with van der Waals surface area (Å²) in [7, 11) is 3.45. The van der Waals surface area contributed by atoms with Crippen LogP contribution in [0.15, 0.2) is 48.7 Å². The highest BCUT2D eigenvalue weighted by atomic mass is 16.5. The molecule has 0 aliphatic rings. The van der Waals surface area contributed by atoms with Gasteiger partial charge in [0, 0.05) is 31.9 Å². The van der Waals surface area contributed by atoms with Crippen molar-refractivity contribution in [1.82, 2.24) is 9.88 Å². The van der Waals surface area contributed by atoms with E-state index in [2.05, 4.69) is 4.98 Å². The van der Waals surface area contributed by atoms with Gasteiger partial charge in [0.1, 0.15) is 12.4 Å². The van der Waals surface area contributed by atoms with Crippen LogP contribution in [-0.2, 0) is 11.4 Å². The Morgan fingerprint density at radius 2 is 2.09 bits per heavy atom. The molecule has 1 aromatic heterocycles. The normalized spacial score (nSPS) is 10.7. The molecule has 22 heavy (non-hydrogen) atoms. The lowest BCUT2D eigenvalue weighted by atomic mass is 10.1. The van der Waals surface area contributed by atoms with Gasteiger partial charge < -0.3 is 9.64 Å². The van der Waals surface area contributed by atoms with Gasteiger partial charge in [-0.15, -0.1) is 0 Å². The van der Waals surface area contributed by atoms with Gasteiger partial charge in [-0.05, 0) is 36.8 Å². The molecule has 0 radical (unpaired) electrons. The molecule has 1 heterocycles. The highest BCUT2D eigenvalue weighted by Gasteiger charge is 2.04. The van der Waals surface area contributed by atoms with E-state index in [0.717, 1.165) is 22.6 Å². The van der Waals surface area contributed by atoms with Crippen LogP contribution < -0.4 is 4.74 Å². The second-order valence-electron chi connectivity index (χ2n) is 5.22. The Labute approximate surface area is 131 Å². The molecule has 0 saturated carbocycles. The molecule has 2 aromatic rings. The van der Waals surface area contributed by atoms with E-state index in [4.69, 9.17) is 4.74 Å². The van der Waals surface area contributed by atoms with Crippen LogP contribution in [-0.4, -0.2) is 29.9 Å². The highest BCUT2D eigenvalue weighted by molar-refractivity contribution is 5.91. The number of hydrogen-bond acceptors (Lipinski definition) is 3. The van der Waals surface area contributed by atoms with Gasteiger partial charge >= 0.3 is 0 Å². The van der Waals surface area contributed by atoms with Crippen LogP contribution in [0.2, 0.25) is 0 Å². The van der Waals surface area contributed by atoms with Crippen LogP contribution in [0.3, 0.4) is 0 Å². The van der Waals surface area contributed by atoms with E-state index in [1.807, 2.05) is 43.3 Å². The summed E-state index contributed by atoms with van der Waals surface area (Å²) in [5.41, 5.74) is 2.84. The average molecular weight is 296 g/mol. The lowest BCUT2D eigenvalue weighted by Crippen LogP contribution is -2.18. The first-order valence-corrected chi connectivity index (χ1v) is 7.09. The number of benzene rings is 1. The summed E-state index contributed by atoms with van der Waals surface area (Å²) in [4.78, 5) is 17.4. The van der Waals surface area contributed by atoms with Crippen LogP contribution in [0.25, 0.3) is 6.08 Å². The molecule has 0 aliphatic carbocycles. The average Bonchev–Trinajstić information content (AvgIpc) is 2.52. The van der Waals surface area contributed by atoms with E-state index >= 15 is 0 Å².